The van der Waals surface area contributed by atoms with Gasteiger partial charge in [-0.3, -0.25) is 4.79 Å². The van der Waals surface area contributed by atoms with Gasteiger partial charge in [-0.25, -0.2) is 4.98 Å². The minimum Gasteiger partial charge on any atom is -0.486 e. The van der Waals surface area contributed by atoms with Gasteiger partial charge in [0.25, 0.3) is 5.91 Å². The predicted octanol–water partition coefficient (Wildman–Crippen LogP) is 5.14. The number of carbonyl (C=O) groups excluding carboxylic acids is 1. The monoisotopic (exact) mass is 392 g/mol. The minimum absolute atomic E-state index is 0.0871. The maximum Gasteiger partial charge on any atom is 0.254 e. The van der Waals surface area contributed by atoms with Crippen LogP contribution in [0.2, 0.25) is 0 Å². The summed E-state index contributed by atoms with van der Waals surface area (Å²) in [6.07, 6.45) is 2.15. The highest BCUT2D eigenvalue weighted by Gasteiger charge is 2.33. The number of hydrogen-bond acceptors (Lipinski definition) is 4. The Hall–Kier alpha value is -2.66. The molecular weight excluding hydrogens is 368 g/mol. The van der Waals surface area contributed by atoms with Crippen LogP contribution in [-0.4, -0.2) is 21.8 Å². The first-order chi connectivity index (χ1) is 13.6. The van der Waals surface area contributed by atoms with Gasteiger partial charge < -0.3 is 9.64 Å². The highest BCUT2D eigenvalue weighted by Crippen LogP contribution is 2.30. The van der Waals surface area contributed by atoms with Crippen molar-refractivity contribution in [2.24, 2.45) is 0 Å². The molecular formula is C23H24N2O2S. The molecule has 0 atom stereocenters. The summed E-state index contributed by atoms with van der Waals surface area (Å²) in [7, 11) is 0. The number of thiazole rings is 1. The minimum atomic E-state index is 0.0871. The second kappa shape index (κ2) is 8.15. The van der Waals surface area contributed by atoms with E-state index in [0.717, 1.165) is 34.9 Å². The number of benzene rings is 2. The van der Waals surface area contributed by atoms with Gasteiger partial charge in [0.05, 0.1) is 12.2 Å². The first-order valence-electron chi connectivity index (χ1n) is 9.59. The first kappa shape index (κ1) is 18.7. The van der Waals surface area contributed by atoms with Crippen molar-refractivity contribution >= 4 is 17.2 Å². The molecule has 1 aliphatic carbocycles. The molecule has 1 fully saturated rings. The summed E-state index contributed by atoms with van der Waals surface area (Å²) < 4.78 is 5.89. The van der Waals surface area contributed by atoms with Crippen molar-refractivity contribution in [3.63, 3.8) is 0 Å². The van der Waals surface area contributed by atoms with E-state index in [4.69, 9.17) is 9.72 Å². The van der Waals surface area contributed by atoms with Gasteiger partial charge in [-0.1, -0.05) is 24.3 Å². The molecule has 1 aliphatic rings. The van der Waals surface area contributed by atoms with Crippen molar-refractivity contribution in [1.29, 1.82) is 0 Å². The Morgan fingerprint density at radius 2 is 1.93 bits per heavy atom. The Bertz CT molecular complexity index is 964. The lowest BCUT2D eigenvalue weighted by molar-refractivity contribution is 0.0728. The van der Waals surface area contributed by atoms with E-state index in [9.17, 15) is 4.79 Å². The van der Waals surface area contributed by atoms with Gasteiger partial charge in [-0.05, 0) is 62.1 Å². The molecule has 0 radical (unpaired) electrons. The van der Waals surface area contributed by atoms with E-state index < -0.39 is 0 Å². The van der Waals surface area contributed by atoms with E-state index in [1.54, 1.807) is 11.3 Å². The summed E-state index contributed by atoms with van der Waals surface area (Å²) in [6.45, 7) is 5.18. The molecule has 0 saturated heterocycles. The van der Waals surface area contributed by atoms with E-state index in [1.165, 1.54) is 11.1 Å². The molecule has 1 amide bonds. The molecule has 0 N–H and O–H groups in total. The lowest BCUT2D eigenvalue weighted by atomic mass is 10.1. The van der Waals surface area contributed by atoms with Crippen LogP contribution in [0.5, 0.6) is 5.75 Å². The quantitative estimate of drug-likeness (QED) is 0.559. The van der Waals surface area contributed by atoms with Crippen molar-refractivity contribution < 1.29 is 9.53 Å². The van der Waals surface area contributed by atoms with Crippen molar-refractivity contribution in [1.82, 2.24) is 9.88 Å². The molecule has 0 spiro atoms. The van der Waals surface area contributed by atoms with E-state index in [2.05, 4.69) is 26.0 Å². The predicted molar refractivity (Wildman–Crippen MR) is 112 cm³/mol. The van der Waals surface area contributed by atoms with Gasteiger partial charge in [0.1, 0.15) is 17.4 Å². The van der Waals surface area contributed by atoms with Crippen LogP contribution in [0.1, 0.15) is 45.0 Å². The number of nitrogens with zero attached hydrogens (tertiary/aromatic N) is 2. The van der Waals surface area contributed by atoms with Crippen molar-refractivity contribution in [3.8, 4) is 5.75 Å². The fourth-order valence-corrected chi connectivity index (χ4v) is 3.81. The Kier molecular flexibility index (Phi) is 5.44. The van der Waals surface area contributed by atoms with Crippen LogP contribution in [0.3, 0.4) is 0 Å². The van der Waals surface area contributed by atoms with Crippen molar-refractivity contribution in [2.75, 3.05) is 0 Å². The fourth-order valence-electron chi connectivity index (χ4n) is 3.11. The van der Waals surface area contributed by atoms with Crippen LogP contribution in [-0.2, 0) is 13.2 Å². The average molecular weight is 393 g/mol. The molecule has 1 aromatic heterocycles. The zero-order valence-electron chi connectivity index (χ0n) is 16.2. The van der Waals surface area contributed by atoms with Gasteiger partial charge in [0.15, 0.2) is 0 Å². The van der Waals surface area contributed by atoms with Gasteiger partial charge in [0.2, 0.25) is 0 Å². The molecule has 3 aromatic rings. The molecule has 5 heteroatoms. The zero-order chi connectivity index (χ0) is 19.5. The number of aryl methyl sites for hydroxylation is 2. The van der Waals surface area contributed by atoms with Crippen LogP contribution >= 0.6 is 11.3 Å². The third kappa shape index (κ3) is 4.42. The Labute approximate surface area is 169 Å². The number of ether oxygens (including phenoxy) is 1. The van der Waals surface area contributed by atoms with Gasteiger partial charge in [-0.2, -0.15) is 0 Å². The van der Waals surface area contributed by atoms with Crippen LogP contribution in [0.4, 0.5) is 0 Å². The first-order valence-corrected chi connectivity index (χ1v) is 10.5. The standard InChI is InChI=1S/C23H24N2O2S/c1-16-8-11-21(12-17(16)2)27-14-22-24-19(15-28-22)13-25(20-9-10-20)23(26)18-6-4-3-5-7-18/h3-8,11-12,15,20H,9-10,13-14H2,1-2H3. The van der Waals surface area contributed by atoms with Crippen LogP contribution < -0.4 is 4.74 Å². The number of rotatable bonds is 7. The fraction of sp³-hybridized carbons (Fsp3) is 0.304. The Morgan fingerprint density at radius 1 is 1.14 bits per heavy atom. The van der Waals surface area contributed by atoms with E-state index in [1.807, 2.05) is 46.7 Å². The van der Waals surface area contributed by atoms with E-state index in [0.29, 0.717) is 19.2 Å². The van der Waals surface area contributed by atoms with Crippen molar-refractivity contribution in [2.45, 2.75) is 45.9 Å². The molecule has 4 nitrogen and oxygen atoms in total. The molecule has 0 bridgehead atoms. The van der Waals surface area contributed by atoms with Gasteiger partial charge >= 0.3 is 0 Å². The summed E-state index contributed by atoms with van der Waals surface area (Å²) in [5, 5.41) is 2.96. The SMILES string of the molecule is Cc1ccc(OCc2nc(CN(C(=O)c3ccccc3)C3CC3)cs2)cc1C. The zero-order valence-corrected chi connectivity index (χ0v) is 17.0. The summed E-state index contributed by atoms with van der Waals surface area (Å²) in [6, 6.07) is 15.9. The van der Waals surface area contributed by atoms with E-state index in [-0.39, 0.29) is 5.91 Å². The molecule has 0 unspecified atom stereocenters. The molecule has 2 aromatic carbocycles. The third-order valence-corrected chi connectivity index (χ3v) is 5.91. The molecule has 144 valence electrons. The second-order valence-corrected chi connectivity index (χ2v) is 8.24. The normalized spacial score (nSPS) is 13.4. The maximum absolute atomic E-state index is 12.9. The smallest absolute Gasteiger partial charge is 0.254 e. The number of hydrogen-bond donors (Lipinski definition) is 0. The highest BCUT2D eigenvalue weighted by molar-refractivity contribution is 7.09. The number of amides is 1. The third-order valence-electron chi connectivity index (χ3n) is 5.04. The molecule has 1 heterocycles. The van der Waals surface area contributed by atoms with Crippen LogP contribution in [0.15, 0.2) is 53.9 Å². The van der Waals surface area contributed by atoms with Crippen LogP contribution in [0.25, 0.3) is 0 Å². The van der Waals surface area contributed by atoms with Gasteiger partial charge in [-0.15, -0.1) is 11.3 Å². The molecule has 28 heavy (non-hydrogen) atoms. The van der Waals surface area contributed by atoms with Gasteiger partial charge in [0, 0.05) is 17.0 Å². The van der Waals surface area contributed by atoms with Crippen LogP contribution in [0, 0.1) is 13.8 Å². The molecule has 1 saturated carbocycles. The summed E-state index contributed by atoms with van der Waals surface area (Å²) >= 11 is 1.58. The largest absolute Gasteiger partial charge is 0.486 e. The topological polar surface area (TPSA) is 42.4 Å². The number of carbonyl (C=O) groups is 1. The Balaban J connectivity index is 1.40. The summed E-state index contributed by atoms with van der Waals surface area (Å²) in [4.78, 5) is 19.5. The van der Waals surface area contributed by atoms with E-state index >= 15 is 0 Å². The maximum atomic E-state index is 12.9. The Morgan fingerprint density at radius 3 is 2.64 bits per heavy atom. The van der Waals surface area contributed by atoms with Crippen molar-refractivity contribution in [3.05, 3.63) is 81.3 Å². The second-order valence-electron chi connectivity index (χ2n) is 7.30. The molecule has 0 aliphatic heterocycles. The summed E-state index contributed by atoms with van der Waals surface area (Å²) in [5.74, 6) is 0.947. The highest BCUT2D eigenvalue weighted by atomic mass is 32.1. The lowest BCUT2D eigenvalue weighted by Crippen LogP contribution is -2.32. The summed E-state index contributed by atoms with van der Waals surface area (Å²) in [5.41, 5.74) is 4.15. The molecule has 4 rings (SSSR count). The lowest BCUT2D eigenvalue weighted by Gasteiger charge is -2.21. The average Bonchev–Trinajstić information content (AvgIpc) is 3.46. The number of aromatic nitrogens is 1.